The first kappa shape index (κ1) is 17.1. The van der Waals surface area contributed by atoms with Crippen LogP contribution in [0.3, 0.4) is 0 Å². The van der Waals surface area contributed by atoms with E-state index in [2.05, 4.69) is 116 Å². The summed E-state index contributed by atoms with van der Waals surface area (Å²) >= 11 is 0. The Morgan fingerprint density at radius 2 is 1.32 bits per heavy atom. The molecular formula is C21H26N4. The van der Waals surface area contributed by atoms with Crippen molar-refractivity contribution in [1.29, 1.82) is 0 Å². The molecule has 0 saturated heterocycles. The van der Waals surface area contributed by atoms with Crippen LogP contribution in [0.25, 0.3) is 6.08 Å². The molecule has 0 aliphatic carbocycles. The Morgan fingerprint density at radius 3 is 1.88 bits per heavy atom. The second-order valence-electron chi connectivity index (χ2n) is 6.67. The molecule has 3 rings (SSSR count). The van der Waals surface area contributed by atoms with Crippen molar-refractivity contribution in [1.82, 2.24) is 10.9 Å². The molecular weight excluding hydrogens is 308 g/mol. The summed E-state index contributed by atoms with van der Waals surface area (Å²) in [4.78, 5) is 4.21. The van der Waals surface area contributed by atoms with Gasteiger partial charge < -0.3 is 15.2 Å². The summed E-state index contributed by atoms with van der Waals surface area (Å²) in [5.74, 6) is 0. The number of allylic oxidation sites excluding steroid dienone is 1. The van der Waals surface area contributed by atoms with Gasteiger partial charge in [0.05, 0.1) is 6.04 Å². The zero-order chi connectivity index (χ0) is 17.8. The quantitative estimate of drug-likeness (QED) is 0.875. The number of hydrogen-bond acceptors (Lipinski definition) is 4. The van der Waals surface area contributed by atoms with E-state index in [0.29, 0.717) is 0 Å². The number of anilines is 2. The first-order valence-corrected chi connectivity index (χ1v) is 8.49. The van der Waals surface area contributed by atoms with Crippen molar-refractivity contribution in [2.45, 2.75) is 6.04 Å². The molecule has 0 amide bonds. The second kappa shape index (κ2) is 7.45. The van der Waals surface area contributed by atoms with E-state index >= 15 is 0 Å². The van der Waals surface area contributed by atoms with E-state index in [1.165, 1.54) is 22.5 Å². The minimum Gasteiger partial charge on any atom is -0.378 e. The highest BCUT2D eigenvalue weighted by atomic mass is 15.4. The Balaban J connectivity index is 1.66. The number of nitrogens with zero attached hydrogens (tertiary/aromatic N) is 2. The lowest BCUT2D eigenvalue weighted by Gasteiger charge is -2.14. The average Bonchev–Trinajstić information content (AvgIpc) is 3.09. The first-order chi connectivity index (χ1) is 12.0. The molecule has 2 N–H and O–H groups in total. The molecule has 2 aromatic carbocycles. The highest BCUT2D eigenvalue weighted by molar-refractivity contribution is 5.57. The molecule has 4 heteroatoms. The maximum absolute atomic E-state index is 3.32. The van der Waals surface area contributed by atoms with E-state index in [4.69, 9.17) is 0 Å². The minimum atomic E-state index is 0.187. The van der Waals surface area contributed by atoms with Crippen LogP contribution in [0.15, 0.2) is 66.4 Å². The van der Waals surface area contributed by atoms with Crippen LogP contribution in [0.5, 0.6) is 0 Å². The van der Waals surface area contributed by atoms with Crippen molar-refractivity contribution < 1.29 is 0 Å². The zero-order valence-electron chi connectivity index (χ0n) is 15.3. The number of rotatable bonds is 5. The van der Waals surface area contributed by atoms with Gasteiger partial charge in [-0.1, -0.05) is 30.3 Å². The molecule has 1 unspecified atom stereocenters. The van der Waals surface area contributed by atoms with Crippen LogP contribution in [-0.4, -0.2) is 28.2 Å². The minimum absolute atomic E-state index is 0.187. The SMILES string of the molecule is CN(C)c1ccc(C=CC2=CC(c3ccc(N(C)C)cc3)NN2)cc1. The van der Waals surface area contributed by atoms with Crippen molar-refractivity contribution in [2.75, 3.05) is 38.0 Å². The van der Waals surface area contributed by atoms with Crippen molar-refractivity contribution in [3.8, 4) is 0 Å². The van der Waals surface area contributed by atoms with Gasteiger partial charge in [-0.05, 0) is 47.5 Å². The fourth-order valence-electron chi connectivity index (χ4n) is 2.75. The Labute approximate surface area is 150 Å². The van der Waals surface area contributed by atoms with Crippen LogP contribution < -0.4 is 20.7 Å². The summed E-state index contributed by atoms with van der Waals surface area (Å²) in [5.41, 5.74) is 12.5. The summed E-state index contributed by atoms with van der Waals surface area (Å²) in [5, 5.41) is 0. The van der Waals surface area contributed by atoms with Gasteiger partial charge in [-0.15, -0.1) is 0 Å². The van der Waals surface area contributed by atoms with Gasteiger partial charge in [-0.2, -0.15) is 0 Å². The van der Waals surface area contributed by atoms with Crippen LogP contribution in [-0.2, 0) is 0 Å². The van der Waals surface area contributed by atoms with Crippen LogP contribution in [0.2, 0.25) is 0 Å². The topological polar surface area (TPSA) is 30.5 Å². The lowest BCUT2D eigenvalue weighted by Crippen LogP contribution is -2.26. The molecule has 2 aromatic rings. The molecule has 1 aliphatic heterocycles. The van der Waals surface area contributed by atoms with E-state index in [9.17, 15) is 0 Å². The fraction of sp³-hybridized carbons (Fsp3) is 0.238. The van der Waals surface area contributed by atoms with Gasteiger partial charge >= 0.3 is 0 Å². The van der Waals surface area contributed by atoms with Crippen LogP contribution in [0, 0.1) is 0 Å². The van der Waals surface area contributed by atoms with E-state index in [1.807, 2.05) is 0 Å². The molecule has 1 atom stereocenters. The van der Waals surface area contributed by atoms with E-state index < -0.39 is 0 Å². The molecule has 25 heavy (non-hydrogen) atoms. The number of hydrazine groups is 1. The Hall–Kier alpha value is -2.72. The first-order valence-electron chi connectivity index (χ1n) is 8.49. The number of nitrogens with one attached hydrogen (secondary N) is 2. The van der Waals surface area contributed by atoms with E-state index in [0.717, 1.165) is 5.70 Å². The van der Waals surface area contributed by atoms with Gasteiger partial charge in [0.2, 0.25) is 0 Å². The lowest BCUT2D eigenvalue weighted by atomic mass is 10.1. The predicted molar refractivity (Wildman–Crippen MR) is 108 cm³/mol. The van der Waals surface area contributed by atoms with Gasteiger partial charge in [0, 0.05) is 45.3 Å². The number of benzene rings is 2. The van der Waals surface area contributed by atoms with Crippen LogP contribution in [0.1, 0.15) is 17.2 Å². The van der Waals surface area contributed by atoms with Crippen LogP contribution >= 0.6 is 0 Å². The maximum atomic E-state index is 3.32. The van der Waals surface area contributed by atoms with Gasteiger partial charge in [0.15, 0.2) is 0 Å². The molecule has 0 aromatic heterocycles. The molecule has 0 bridgehead atoms. The molecule has 0 saturated carbocycles. The summed E-state index contributed by atoms with van der Waals surface area (Å²) in [6.45, 7) is 0. The van der Waals surface area contributed by atoms with E-state index in [-0.39, 0.29) is 6.04 Å². The molecule has 0 fully saturated rings. The Kier molecular flexibility index (Phi) is 5.10. The van der Waals surface area contributed by atoms with Gasteiger partial charge in [-0.25, -0.2) is 5.43 Å². The van der Waals surface area contributed by atoms with Crippen LogP contribution in [0.4, 0.5) is 11.4 Å². The van der Waals surface area contributed by atoms with E-state index in [1.54, 1.807) is 0 Å². The number of hydrogen-bond donors (Lipinski definition) is 2. The summed E-state index contributed by atoms with van der Waals surface area (Å²) < 4.78 is 0. The highest BCUT2D eigenvalue weighted by Gasteiger charge is 2.14. The molecule has 1 heterocycles. The second-order valence-corrected chi connectivity index (χ2v) is 6.67. The van der Waals surface area contributed by atoms with Gasteiger partial charge in [-0.3, -0.25) is 0 Å². The maximum Gasteiger partial charge on any atom is 0.0714 e. The Morgan fingerprint density at radius 1 is 0.760 bits per heavy atom. The Bertz CT molecular complexity index is 755. The zero-order valence-corrected chi connectivity index (χ0v) is 15.3. The van der Waals surface area contributed by atoms with Crippen molar-refractivity contribution in [3.05, 3.63) is 77.5 Å². The smallest absolute Gasteiger partial charge is 0.0714 e. The summed E-state index contributed by atoms with van der Waals surface area (Å²) in [7, 11) is 8.21. The van der Waals surface area contributed by atoms with Crippen molar-refractivity contribution in [2.24, 2.45) is 0 Å². The largest absolute Gasteiger partial charge is 0.378 e. The highest BCUT2D eigenvalue weighted by Crippen LogP contribution is 2.22. The van der Waals surface area contributed by atoms with Gasteiger partial charge in [0.25, 0.3) is 0 Å². The monoisotopic (exact) mass is 334 g/mol. The third-order valence-corrected chi connectivity index (χ3v) is 4.35. The lowest BCUT2D eigenvalue weighted by molar-refractivity contribution is 0.602. The van der Waals surface area contributed by atoms with Gasteiger partial charge in [0.1, 0.15) is 0 Å². The fourth-order valence-corrected chi connectivity index (χ4v) is 2.75. The summed E-state index contributed by atoms with van der Waals surface area (Å²) in [6, 6.07) is 17.3. The predicted octanol–water partition coefficient (Wildman–Crippen LogP) is 3.56. The van der Waals surface area contributed by atoms with Crippen molar-refractivity contribution in [3.63, 3.8) is 0 Å². The molecule has 1 aliphatic rings. The molecule has 130 valence electrons. The summed E-state index contributed by atoms with van der Waals surface area (Å²) in [6.07, 6.45) is 6.43. The molecule has 0 radical (unpaired) electrons. The van der Waals surface area contributed by atoms with Crippen molar-refractivity contribution >= 4 is 17.5 Å². The third-order valence-electron chi connectivity index (χ3n) is 4.35. The molecule has 4 nitrogen and oxygen atoms in total. The average molecular weight is 334 g/mol. The normalized spacial score (nSPS) is 16.6. The third kappa shape index (κ3) is 4.22. The standard InChI is InChI=1S/C21H26N4/c1-24(2)19-11-6-16(7-12-19)5-10-18-15-21(23-22-18)17-8-13-20(14-9-17)25(3)4/h5-15,21-23H,1-4H3. The molecule has 0 spiro atoms.